The van der Waals surface area contributed by atoms with Crippen LogP contribution in [0.15, 0.2) is 28.4 Å². The second kappa shape index (κ2) is 3.79. The molecule has 0 saturated carbocycles. The van der Waals surface area contributed by atoms with E-state index in [0.29, 0.717) is 6.42 Å². The van der Waals surface area contributed by atoms with E-state index in [4.69, 9.17) is 28.4 Å². The predicted molar refractivity (Wildman–Crippen MR) is 46.3 cm³/mol. The van der Waals surface area contributed by atoms with Crippen molar-refractivity contribution in [2.75, 3.05) is 0 Å². The first kappa shape index (κ1) is 8.62. The zero-order valence-electron chi connectivity index (χ0n) is 5.67. The van der Waals surface area contributed by atoms with E-state index in [1.54, 1.807) is 12.2 Å². The Morgan fingerprint density at radius 2 is 2.45 bits per heavy atom. The molecule has 1 atom stereocenters. The molecule has 11 heavy (non-hydrogen) atoms. The Morgan fingerprint density at radius 1 is 1.73 bits per heavy atom. The Morgan fingerprint density at radius 3 is 3.00 bits per heavy atom. The van der Waals surface area contributed by atoms with Crippen molar-refractivity contribution < 1.29 is 5.21 Å². The third-order valence-electron chi connectivity index (χ3n) is 1.44. The van der Waals surface area contributed by atoms with Crippen LogP contribution >= 0.6 is 23.2 Å². The number of rotatable bonds is 1. The minimum Gasteiger partial charge on any atom is -0.410 e. The molecule has 1 aliphatic rings. The van der Waals surface area contributed by atoms with Crippen molar-refractivity contribution in [1.29, 1.82) is 0 Å². The minimum atomic E-state index is -0.0702. The zero-order valence-corrected chi connectivity index (χ0v) is 7.18. The Balaban J connectivity index is 2.66. The molecule has 0 radical (unpaired) electrons. The summed E-state index contributed by atoms with van der Waals surface area (Å²) in [6.45, 7) is 0. The van der Waals surface area contributed by atoms with Gasteiger partial charge in [-0.25, -0.2) is 0 Å². The van der Waals surface area contributed by atoms with Gasteiger partial charge in [-0.2, -0.15) is 0 Å². The van der Waals surface area contributed by atoms with E-state index in [2.05, 4.69) is 5.16 Å². The van der Waals surface area contributed by atoms with Gasteiger partial charge >= 0.3 is 0 Å². The van der Waals surface area contributed by atoms with E-state index in [-0.39, 0.29) is 11.1 Å². The molecule has 0 saturated heterocycles. The first-order valence-electron chi connectivity index (χ1n) is 3.14. The third-order valence-corrected chi connectivity index (χ3v) is 2.07. The Labute approximate surface area is 74.8 Å². The van der Waals surface area contributed by atoms with Gasteiger partial charge in [0.1, 0.15) is 0 Å². The fourth-order valence-electron chi connectivity index (χ4n) is 0.878. The largest absolute Gasteiger partial charge is 0.410 e. The molecule has 0 aromatic heterocycles. The topological polar surface area (TPSA) is 32.6 Å². The molecule has 1 rings (SSSR count). The minimum absolute atomic E-state index is 0.0702. The highest BCUT2D eigenvalue weighted by Crippen LogP contribution is 2.23. The fourth-order valence-corrected chi connectivity index (χ4v) is 1.27. The van der Waals surface area contributed by atoms with Crippen molar-refractivity contribution in [2.45, 2.75) is 6.42 Å². The van der Waals surface area contributed by atoms with Crippen molar-refractivity contribution in [3.05, 3.63) is 23.3 Å². The van der Waals surface area contributed by atoms with Crippen molar-refractivity contribution >= 4 is 28.4 Å². The van der Waals surface area contributed by atoms with Crippen LogP contribution in [0.1, 0.15) is 6.42 Å². The lowest BCUT2D eigenvalue weighted by Gasteiger charge is -2.11. The van der Waals surface area contributed by atoms with Gasteiger partial charge in [0.15, 0.2) is 5.17 Å². The number of nitrogens with zero attached hydrogens (tertiary/aromatic N) is 1. The van der Waals surface area contributed by atoms with Crippen molar-refractivity contribution in [2.24, 2.45) is 11.1 Å². The van der Waals surface area contributed by atoms with Gasteiger partial charge in [0.2, 0.25) is 0 Å². The standard InChI is InChI=1S/C7H7Cl2NO/c8-6-3-1-2-5(4-6)7(9)10-11/h1-3,5,11H,4H2/b10-7-. The molecule has 0 aromatic rings. The monoisotopic (exact) mass is 191 g/mol. The summed E-state index contributed by atoms with van der Waals surface area (Å²) in [6.07, 6.45) is 6.04. The molecular formula is C7H7Cl2NO. The van der Waals surface area contributed by atoms with Gasteiger partial charge in [0.25, 0.3) is 0 Å². The van der Waals surface area contributed by atoms with Crippen LogP contribution in [0.4, 0.5) is 0 Å². The normalized spacial score (nSPS) is 25.1. The molecule has 1 unspecified atom stereocenters. The summed E-state index contributed by atoms with van der Waals surface area (Å²) in [6, 6.07) is 0. The highest BCUT2D eigenvalue weighted by atomic mass is 35.5. The third kappa shape index (κ3) is 2.24. The lowest BCUT2D eigenvalue weighted by Crippen LogP contribution is -2.07. The Bertz CT molecular complexity index is 233. The Kier molecular flexibility index (Phi) is 2.97. The zero-order chi connectivity index (χ0) is 8.27. The van der Waals surface area contributed by atoms with E-state index in [0.717, 1.165) is 5.03 Å². The van der Waals surface area contributed by atoms with E-state index < -0.39 is 0 Å². The molecule has 60 valence electrons. The van der Waals surface area contributed by atoms with Gasteiger partial charge < -0.3 is 5.21 Å². The number of allylic oxidation sites excluding steroid dienone is 4. The van der Waals surface area contributed by atoms with Crippen LogP contribution in [0.5, 0.6) is 0 Å². The molecule has 0 fully saturated rings. The molecule has 0 aliphatic heterocycles. The SMILES string of the molecule is O/N=C(\Cl)C1C=CC=C(Cl)C1. The van der Waals surface area contributed by atoms with E-state index >= 15 is 0 Å². The maximum atomic E-state index is 8.33. The number of oxime groups is 1. The number of halogens is 2. The van der Waals surface area contributed by atoms with Crippen LogP contribution in [0.3, 0.4) is 0 Å². The highest BCUT2D eigenvalue weighted by molar-refractivity contribution is 6.66. The number of hydrogen-bond acceptors (Lipinski definition) is 2. The van der Waals surface area contributed by atoms with Crippen LogP contribution in [-0.2, 0) is 0 Å². The highest BCUT2D eigenvalue weighted by Gasteiger charge is 2.14. The molecule has 0 bridgehead atoms. The average Bonchev–Trinajstić information content (AvgIpc) is 2.03. The van der Waals surface area contributed by atoms with Crippen molar-refractivity contribution in [3.8, 4) is 0 Å². The maximum absolute atomic E-state index is 8.33. The second-order valence-electron chi connectivity index (χ2n) is 2.23. The molecular weight excluding hydrogens is 185 g/mol. The van der Waals surface area contributed by atoms with Gasteiger partial charge in [0, 0.05) is 11.0 Å². The lowest BCUT2D eigenvalue weighted by atomic mass is 10.0. The molecule has 0 heterocycles. The molecule has 1 aliphatic carbocycles. The molecule has 2 nitrogen and oxygen atoms in total. The average molecular weight is 192 g/mol. The lowest BCUT2D eigenvalue weighted by molar-refractivity contribution is 0.318. The molecule has 4 heteroatoms. The first-order chi connectivity index (χ1) is 5.24. The summed E-state index contributed by atoms with van der Waals surface area (Å²) in [5, 5.41) is 12.1. The quantitative estimate of drug-likeness (QED) is 0.386. The molecule has 0 spiro atoms. The molecule has 1 N–H and O–H groups in total. The fraction of sp³-hybridized carbons (Fsp3) is 0.286. The van der Waals surface area contributed by atoms with Gasteiger partial charge in [-0.05, 0) is 12.5 Å². The van der Waals surface area contributed by atoms with Gasteiger partial charge in [0.05, 0.1) is 0 Å². The van der Waals surface area contributed by atoms with Crippen molar-refractivity contribution in [3.63, 3.8) is 0 Å². The first-order valence-corrected chi connectivity index (χ1v) is 3.90. The van der Waals surface area contributed by atoms with Crippen LogP contribution < -0.4 is 0 Å². The Hall–Kier alpha value is -0.470. The van der Waals surface area contributed by atoms with Crippen LogP contribution in [-0.4, -0.2) is 10.4 Å². The van der Waals surface area contributed by atoms with E-state index in [1.807, 2.05) is 6.08 Å². The molecule has 0 amide bonds. The summed E-state index contributed by atoms with van der Waals surface area (Å²) in [4.78, 5) is 0. The summed E-state index contributed by atoms with van der Waals surface area (Å²) in [7, 11) is 0. The van der Waals surface area contributed by atoms with E-state index in [9.17, 15) is 0 Å². The van der Waals surface area contributed by atoms with Gasteiger partial charge in [-0.15, -0.1) is 0 Å². The van der Waals surface area contributed by atoms with Crippen LogP contribution in [0, 0.1) is 5.92 Å². The van der Waals surface area contributed by atoms with Crippen LogP contribution in [0.25, 0.3) is 0 Å². The summed E-state index contributed by atoms with van der Waals surface area (Å²) in [5.41, 5.74) is 0. The van der Waals surface area contributed by atoms with Crippen LogP contribution in [0.2, 0.25) is 0 Å². The second-order valence-corrected chi connectivity index (χ2v) is 3.10. The maximum Gasteiger partial charge on any atom is 0.152 e. The number of hydrogen-bond donors (Lipinski definition) is 1. The predicted octanol–water partition coefficient (Wildman–Crippen LogP) is 2.71. The van der Waals surface area contributed by atoms with Gasteiger partial charge in [-0.1, -0.05) is 40.5 Å². The summed E-state index contributed by atoms with van der Waals surface area (Å²) in [5.74, 6) is -0.0702. The van der Waals surface area contributed by atoms with E-state index in [1.165, 1.54) is 0 Å². The van der Waals surface area contributed by atoms with Gasteiger partial charge in [-0.3, -0.25) is 0 Å². The smallest absolute Gasteiger partial charge is 0.152 e. The summed E-state index contributed by atoms with van der Waals surface area (Å²) >= 11 is 11.3. The summed E-state index contributed by atoms with van der Waals surface area (Å²) < 4.78 is 0. The molecule has 0 aromatic carbocycles. The van der Waals surface area contributed by atoms with Crippen molar-refractivity contribution in [1.82, 2.24) is 0 Å².